The van der Waals surface area contributed by atoms with E-state index in [0.29, 0.717) is 0 Å². The van der Waals surface area contributed by atoms with Crippen molar-refractivity contribution in [2.45, 2.75) is 58.4 Å². The summed E-state index contributed by atoms with van der Waals surface area (Å²) in [6.45, 7) is 4.25. The molecule has 0 saturated heterocycles. The van der Waals surface area contributed by atoms with Crippen molar-refractivity contribution in [3.8, 4) is 0 Å². The molecule has 1 rings (SSSR count). The number of hydrazine groups is 1. The van der Waals surface area contributed by atoms with Gasteiger partial charge in [-0.1, -0.05) is 39.0 Å². The summed E-state index contributed by atoms with van der Waals surface area (Å²) in [5, 5.41) is 4.36. The molecule has 0 aliphatic heterocycles. The fraction of sp³-hybridized carbons (Fsp3) is 0.769. The average Bonchev–Trinajstić information content (AvgIpc) is 2.63. The second-order valence-electron chi connectivity index (χ2n) is 4.76. The van der Waals surface area contributed by atoms with Gasteiger partial charge in [0.1, 0.15) is 0 Å². The van der Waals surface area contributed by atoms with Crippen LogP contribution in [0.3, 0.4) is 0 Å². The highest BCUT2D eigenvalue weighted by atomic mass is 15.3. The molecule has 4 heteroatoms. The largest absolute Gasteiger partial charge is 0.271 e. The van der Waals surface area contributed by atoms with Crippen molar-refractivity contribution >= 4 is 0 Å². The Hall–Kier alpha value is -0.870. The van der Waals surface area contributed by atoms with Gasteiger partial charge in [-0.2, -0.15) is 5.10 Å². The molecule has 0 aliphatic carbocycles. The first-order valence-corrected chi connectivity index (χ1v) is 6.65. The van der Waals surface area contributed by atoms with Crippen molar-refractivity contribution in [1.82, 2.24) is 15.2 Å². The Balaban J connectivity index is 2.40. The number of aromatic nitrogens is 2. The van der Waals surface area contributed by atoms with Crippen molar-refractivity contribution in [2.24, 2.45) is 12.9 Å². The van der Waals surface area contributed by atoms with Crippen molar-refractivity contribution < 1.29 is 0 Å². The van der Waals surface area contributed by atoms with Crippen molar-refractivity contribution in [3.05, 3.63) is 17.5 Å². The lowest BCUT2D eigenvalue weighted by Gasteiger charge is -2.15. The molecule has 0 spiro atoms. The van der Waals surface area contributed by atoms with E-state index in [-0.39, 0.29) is 6.04 Å². The lowest BCUT2D eigenvalue weighted by atomic mass is 10.0. The summed E-state index contributed by atoms with van der Waals surface area (Å²) in [4.78, 5) is 0. The lowest BCUT2D eigenvalue weighted by molar-refractivity contribution is 0.453. The first kappa shape index (κ1) is 14.2. The van der Waals surface area contributed by atoms with Gasteiger partial charge in [-0.25, -0.2) is 0 Å². The highest BCUT2D eigenvalue weighted by molar-refractivity contribution is 5.12. The summed E-state index contributed by atoms with van der Waals surface area (Å²) in [5.74, 6) is 5.63. The standard InChI is InChI=1S/C13H26N4/c1-4-5-6-7-8-9-12(15-14)13-10-11(2)16-17(13)3/h10,12,15H,4-9,14H2,1-3H3. The third-order valence-electron chi connectivity index (χ3n) is 3.19. The SMILES string of the molecule is CCCCCCCC(NN)c1cc(C)nn1C. The lowest BCUT2D eigenvalue weighted by Crippen LogP contribution is -2.29. The van der Waals surface area contributed by atoms with Crippen molar-refractivity contribution in [3.63, 3.8) is 0 Å². The van der Waals surface area contributed by atoms with E-state index in [1.54, 1.807) is 0 Å². The van der Waals surface area contributed by atoms with E-state index in [1.165, 1.54) is 37.8 Å². The fourth-order valence-electron chi connectivity index (χ4n) is 2.23. The Morgan fingerprint density at radius 1 is 1.35 bits per heavy atom. The number of nitrogens with zero attached hydrogens (tertiary/aromatic N) is 2. The van der Waals surface area contributed by atoms with Gasteiger partial charge in [0.05, 0.1) is 17.4 Å². The number of unbranched alkanes of at least 4 members (excludes halogenated alkanes) is 4. The molecule has 0 aromatic carbocycles. The molecule has 0 fully saturated rings. The quantitative estimate of drug-likeness (QED) is 0.416. The highest BCUT2D eigenvalue weighted by Gasteiger charge is 2.13. The number of hydrogen-bond acceptors (Lipinski definition) is 3. The normalized spacial score (nSPS) is 12.9. The molecule has 1 aromatic rings. The van der Waals surface area contributed by atoms with Crippen LogP contribution in [-0.2, 0) is 7.05 Å². The summed E-state index contributed by atoms with van der Waals surface area (Å²) in [5.41, 5.74) is 5.13. The van der Waals surface area contributed by atoms with E-state index >= 15 is 0 Å². The molecule has 98 valence electrons. The first-order chi connectivity index (χ1) is 8.19. The summed E-state index contributed by atoms with van der Waals surface area (Å²) in [7, 11) is 1.98. The molecule has 0 radical (unpaired) electrons. The molecule has 0 amide bonds. The smallest absolute Gasteiger partial charge is 0.0629 e. The van der Waals surface area contributed by atoms with Crippen molar-refractivity contribution in [1.29, 1.82) is 0 Å². The predicted molar refractivity (Wildman–Crippen MR) is 71.4 cm³/mol. The minimum Gasteiger partial charge on any atom is -0.271 e. The molecular weight excluding hydrogens is 212 g/mol. The minimum absolute atomic E-state index is 0.225. The third-order valence-corrected chi connectivity index (χ3v) is 3.19. The van der Waals surface area contributed by atoms with Crippen LogP contribution in [0.5, 0.6) is 0 Å². The zero-order valence-corrected chi connectivity index (χ0v) is 11.4. The van der Waals surface area contributed by atoms with Gasteiger partial charge in [0.25, 0.3) is 0 Å². The van der Waals surface area contributed by atoms with Crippen LogP contribution < -0.4 is 11.3 Å². The third kappa shape index (κ3) is 4.48. The van der Waals surface area contributed by atoms with Gasteiger partial charge in [-0.15, -0.1) is 0 Å². The monoisotopic (exact) mass is 238 g/mol. The van der Waals surface area contributed by atoms with E-state index in [9.17, 15) is 0 Å². The predicted octanol–water partition coefficient (Wildman–Crippen LogP) is 2.59. The van der Waals surface area contributed by atoms with E-state index in [2.05, 4.69) is 23.5 Å². The molecule has 0 saturated carbocycles. The van der Waals surface area contributed by atoms with E-state index in [4.69, 9.17) is 5.84 Å². The van der Waals surface area contributed by atoms with Crippen LogP contribution in [0.2, 0.25) is 0 Å². The zero-order valence-electron chi connectivity index (χ0n) is 11.4. The van der Waals surface area contributed by atoms with Crippen LogP contribution in [-0.4, -0.2) is 9.78 Å². The molecule has 4 nitrogen and oxygen atoms in total. The van der Waals surface area contributed by atoms with Gasteiger partial charge in [0, 0.05) is 7.05 Å². The van der Waals surface area contributed by atoms with Crippen LogP contribution in [0, 0.1) is 6.92 Å². The Morgan fingerprint density at radius 2 is 2.06 bits per heavy atom. The fourth-order valence-corrected chi connectivity index (χ4v) is 2.23. The van der Waals surface area contributed by atoms with Crippen LogP contribution in [0.1, 0.15) is 62.9 Å². The van der Waals surface area contributed by atoms with E-state index < -0.39 is 0 Å². The topological polar surface area (TPSA) is 55.9 Å². The molecular formula is C13H26N4. The molecule has 1 aromatic heterocycles. The molecule has 1 unspecified atom stereocenters. The maximum atomic E-state index is 5.63. The number of aryl methyl sites for hydroxylation is 2. The summed E-state index contributed by atoms with van der Waals surface area (Å²) >= 11 is 0. The first-order valence-electron chi connectivity index (χ1n) is 6.65. The molecule has 3 N–H and O–H groups in total. The number of rotatable bonds is 8. The van der Waals surface area contributed by atoms with Gasteiger partial charge >= 0.3 is 0 Å². The Labute approximate surface area is 105 Å². The second-order valence-corrected chi connectivity index (χ2v) is 4.76. The highest BCUT2D eigenvalue weighted by Crippen LogP contribution is 2.19. The number of nitrogens with two attached hydrogens (primary N) is 1. The summed E-state index contributed by atoms with van der Waals surface area (Å²) in [6.07, 6.45) is 7.56. The maximum absolute atomic E-state index is 5.63. The molecule has 17 heavy (non-hydrogen) atoms. The van der Waals surface area contributed by atoms with Gasteiger partial charge in [0.2, 0.25) is 0 Å². The van der Waals surface area contributed by atoms with Crippen LogP contribution in [0.4, 0.5) is 0 Å². The number of hydrogen-bond donors (Lipinski definition) is 2. The van der Waals surface area contributed by atoms with Gasteiger partial charge in [0.15, 0.2) is 0 Å². The number of nitrogens with one attached hydrogen (secondary N) is 1. The molecule has 1 heterocycles. The van der Waals surface area contributed by atoms with Crippen LogP contribution in [0.25, 0.3) is 0 Å². The minimum atomic E-state index is 0.225. The van der Waals surface area contributed by atoms with Gasteiger partial charge < -0.3 is 0 Å². The van der Waals surface area contributed by atoms with E-state index in [0.717, 1.165) is 12.1 Å². The second kappa shape index (κ2) is 7.45. The zero-order chi connectivity index (χ0) is 12.7. The van der Waals surface area contributed by atoms with Gasteiger partial charge in [-0.3, -0.25) is 16.0 Å². The summed E-state index contributed by atoms with van der Waals surface area (Å²) in [6, 6.07) is 2.33. The Morgan fingerprint density at radius 3 is 2.59 bits per heavy atom. The van der Waals surface area contributed by atoms with Gasteiger partial charge in [-0.05, 0) is 19.4 Å². The maximum Gasteiger partial charge on any atom is 0.0629 e. The van der Waals surface area contributed by atoms with Crippen LogP contribution >= 0.6 is 0 Å². The average molecular weight is 238 g/mol. The molecule has 1 atom stereocenters. The Bertz CT molecular complexity index is 319. The summed E-state index contributed by atoms with van der Waals surface area (Å²) < 4.78 is 1.92. The van der Waals surface area contributed by atoms with E-state index in [1.807, 2.05) is 18.7 Å². The van der Waals surface area contributed by atoms with Crippen molar-refractivity contribution in [2.75, 3.05) is 0 Å². The van der Waals surface area contributed by atoms with Crippen LogP contribution in [0.15, 0.2) is 6.07 Å². The molecule has 0 bridgehead atoms. The Kier molecular flexibility index (Phi) is 6.22. The molecule has 0 aliphatic rings.